The van der Waals surface area contributed by atoms with Gasteiger partial charge in [0, 0.05) is 37.8 Å². The van der Waals surface area contributed by atoms with Crippen molar-refractivity contribution >= 4 is 0 Å². The molecule has 2 aromatic heterocycles. The van der Waals surface area contributed by atoms with E-state index < -0.39 is 0 Å². The zero-order valence-electron chi connectivity index (χ0n) is 15.6. The van der Waals surface area contributed by atoms with Gasteiger partial charge in [0.1, 0.15) is 5.75 Å². The van der Waals surface area contributed by atoms with Gasteiger partial charge in [-0.2, -0.15) is 4.98 Å². The van der Waals surface area contributed by atoms with Gasteiger partial charge in [-0.25, -0.2) is 0 Å². The summed E-state index contributed by atoms with van der Waals surface area (Å²) in [5.74, 6) is 2.97. The normalized spacial score (nSPS) is 15.9. The van der Waals surface area contributed by atoms with Crippen LogP contribution in [0.1, 0.15) is 17.3 Å². The van der Waals surface area contributed by atoms with Gasteiger partial charge >= 0.3 is 0 Å². The van der Waals surface area contributed by atoms with E-state index in [-0.39, 0.29) is 0 Å². The molecule has 1 saturated heterocycles. The van der Waals surface area contributed by atoms with E-state index in [0.717, 1.165) is 55.5 Å². The Morgan fingerprint density at radius 1 is 0.963 bits per heavy atom. The third kappa shape index (κ3) is 4.35. The highest BCUT2D eigenvalue weighted by molar-refractivity contribution is 5.55. The van der Waals surface area contributed by atoms with Gasteiger partial charge in [-0.1, -0.05) is 10.3 Å². The van der Waals surface area contributed by atoms with Crippen molar-refractivity contribution in [2.45, 2.75) is 20.0 Å². The lowest BCUT2D eigenvalue weighted by molar-refractivity contribution is 0.105. The lowest BCUT2D eigenvalue weighted by atomic mass is 10.2. The average Bonchev–Trinajstić information content (AvgIpc) is 3.32. The molecule has 0 amide bonds. The van der Waals surface area contributed by atoms with Crippen LogP contribution < -0.4 is 4.74 Å². The van der Waals surface area contributed by atoms with Crippen molar-refractivity contribution in [2.75, 3.05) is 33.3 Å². The van der Waals surface area contributed by atoms with Crippen LogP contribution in [-0.4, -0.2) is 58.4 Å². The summed E-state index contributed by atoms with van der Waals surface area (Å²) in [5, 5.41) is 8.04. The maximum absolute atomic E-state index is 5.43. The molecule has 8 nitrogen and oxygen atoms in total. The highest BCUT2D eigenvalue weighted by atomic mass is 16.5. The van der Waals surface area contributed by atoms with Gasteiger partial charge in [-0.3, -0.25) is 9.80 Å². The summed E-state index contributed by atoms with van der Waals surface area (Å²) in [6, 6.07) is 9.63. The molecule has 3 aromatic rings. The Morgan fingerprint density at radius 3 is 2.30 bits per heavy atom. The Balaban J connectivity index is 1.29. The average molecular weight is 369 g/mol. The first-order valence-electron chi connectivity index (χ1n) is 9.03. The number of rotatable bonds is 6. The third-order valence-corrected chi connectivity index (χ3v) is 4.70. The molecule has 3 heterocycles. The molecule has 0 spiro atoms. The summed E-state index contributed by atoms with van der Waals surface area (Å²) in [4.78, 5) is 9.22. The summed E-state index contributed by atoms with van der Waals surface area (Å²) in [5.41, 5.74) is 1.84. The second-order valence-corrected chi connectivity index (χ2v) is 6.73. The second kappa shape index (κ2) is 7.89. The van der Waals surface area contributed by atoms with E-state index in [1.165, 1.54) is 0 Å². The summed E-state index contributed by atoms with van der Waals surface area (Å²) >= 11 is 0. The molecule has 0 N–H and O–H groups in total. The van der Waals surface area contributed by atoms with Crippen molar-refractivity contribution in [2.24, 2.45) is 0 Å². The SMILES string of the molecule is COc1ccc(-c2noc(CN3CCN(Cc4cc(C)no4)CC3)n2)cc1. The van der Waals surface area contributed by atoms with Crippen LogP contribution in [0.5, 0.6) is 5.75 Å². The van der Waals surface area contributed by atoms with E-state index in [1.807, 2.05) is 37.3 Å². The Morgan fingerprint density at radius 2 is 1.67 bits per heavy atom. The fourth-order valence-electron chi connectivity index (χ4n) is 3.18. The number of hydrogen-bond donors (Lipinski definition) is 0. The predicted molar refractivity (Wildman–Crippen MR) is 98.1 cm³/mol. The standard InChI is InChI=1S/C19H23N5O3/c1-14-11-17(26-21-14)12-23-7-9-24(10-8-23)13-18-20-19(22-27-18)15-3-5-16(25-2)6-4-15/h3-6,11H,7-10,12-13H2,1-2H3. The van der Waals surface area contributed by atoms with Gasteiger partial charge in [0.25, 0.3) is 0 Å². The summed E-state index contributed by atoms with van der Waals surface area (Å²) in [6.45, 7) is 7.25. The van der Waals surface area contributed by atoms with Crippen molar-refractivity contribution in [1.82, 2.24) is 25.1 Å². The first kappa shape index (κ1) is 17.7. The van der Waals surface area contributed by atoms with E-state index in [2.05, 4.69) is 25.1 Å². The van der Waals surface area contributed by atoms with Crippen molar-refractivity contribution < 1.29 is 13.8 Å². The van der Waals surface area contributed by atoms with Crippen LogP contribution in [0.4, 0.5) is 0 Å². The maximum atomic E-state index is 5.43. The molecule has 8 heteroatoms. The number of benzene rings is 1. The molecule has 0 unspecified atom stereocenters. The molecule has 27 heavy (non-hydrogen) atoms. The second-order valence-electron chi connectivity index (χ2n) is 6.73. The number of hydrogen-bond acceptors (Lipinski definition) is 8. The monoisotopic (exact) mass is 369 g/mol. The molecule has 142 valence electrons. The maximum Gasteiger partial charge on any atom is 0.241 e. The molecule has 1 aliphatic heterocycles. The minimum Gasteiger partial charge on any atom is -0.497 e. The molecule has 0 aliphatic carbocycles. The smallest absolute Gasteiger partial charge is 0.241 e. The molecule has 0 radical (unpaired) electrons. The molecular formula is C19H23N5O3. The van der Waals surface area contributed by atoms with E-state index in [9.17, 15) is 0 Å². The Bertz CT molecular complexity index is 866. The van der Waals surface area contributed by atoms with Crippen LogP contribution in [0, 0.1) is 6.92 Å². The van der Waals surface area contributed by atoms with Gasteiger partial charge in [-0.05, 0) is 31.2 Å². The lowest BCUT2D eigenvalue weighted by Gasteiger charge is -2.33. The van der Waals surface area contributed by atoms with E-state index in [4.69, 9.17) is 13.8 Å². The number of methoxy groups -OCH3 is 1. The fraction of sp³-hybridized carbons (Fsp3) is 0.421. The third-order valence-electron chi connectivity index (χ3n) is 4.70. The van der Waals surface area contributed by atoms with Crippen LogP contribution in [0.25, 0.3) is 11.4 Å². The van der Waals surface area contributed by atoms with Crippen molar-refractivity contribution in [3.63, 3.8) is 0 Å². The zero-order valence-corrected chi connectivity index (χ0v) is 15.6. The lowest BCUT2D eigenvalue weighted by Crippen LogP contribution is -2.45. The van der Waals surface area contributed by atoms with Crippen LogP contribution >= 0.6 is 0 Å². The molecular weight excluding hydrogens is 346 g/mol. The molecule has 4 rings (SSSR count). The highest BCUT2D eigenvalue weighted by Crippen LogP contribution is 2.20. The van der Waals surface area contributed by atoms with E-state index in [0.29, 0.717) is 18.3 Å². The number of aromatic nitrogens is 3. The summed E-state index contributed by atoms with van der Waals surface area (Å²) < 4.78 is 15.9. The molecule has 0 bridgehead atoms. The number of piperazine rings is 1. The van der Waals surface area contributed by atoms with Crippen molar-refractivity contribution in [3.8, 4) is 17.1 Å². The first-order valence-corrected chi connectivity index (χ1v) is 9.03. The van der Waals surface area contributed by atoms with E-state index in [1.54, 1.807) is 7.11 Å². The summed E-state index contributed by atoms with van der Waals surface area (Å²) in [7, 11) is 1.65. The first-order chi connectivity index (χ1) is 13.2. The van der Waals surface area contributed by atoms with Crippen LogP contribution in [-0.2, 0) is 13.1 Å². The predicted octanol–water partition coefficient (Wildman–Crippen LogP) is 2.36. The Labute approximate surface area is 157 Å². The minimum absolute atomic E-state index is 0.604. The summed E-state index contributed by atoms with van der Waals surface area (Å²) in [6.07, 6.45) is 0. The Kier molecular flexibility index (Phi) is 5.17. The van der Waals surface area contributed by atoms with E-state index >= 15 is 0 Å². The van der Waals surface area contributed by atoms with Gasteiger partial charge in [-0.15, -0.1) is 0 Å². The number of aryl methyl sites for hydroxylation is 1. The van der Waals surface area contributed by atoms with Crippen molar-refractivity contribution in [3.05, 3.63) is 47.7 Å². The molecule has 1 aromatic carbocycles. The molecule has 1 fully saturated rings. The largest absolute Gasteiger partial charge is 0.497 e. The van der Waals surface area contributed by atoms with Gasteiger partial charge in [0.05, 0.1) is 25.9 Å². The van der Waals surface area contributed by atoms with Gasteiger partial charge < -0.3 is 13.8 Å². The molecule has 0 saturated carbocycles. The molecule has 0 atom stereocenters. The Hall–Kier alpha value is -2.71. The quantitative estimate of drug-likeness (QED) is 0.655. The van der Waals surface area contributed by atoms with Gasteiger partial charge in [0.2, 0.25) is 11.7 Å². The fourth-order valence-corrected chi connectivity index (χ4v) is 3.18. The minimum atomic E-state index is 0.604. The van der Waals surface area contributed by atoms with Crippen LogP contribution in [0.3, 0.4) is 0 Å². The molecule has 1 aliphatic rings. The van der Waals surface area contributed by atoms with Crippen LogP contribution in [0.2, 0.25) is 0 Å². The number of ether oxygens (including phenoxy) is 1. The zero-order chi connectivity index (χ0) is 18.6. The van der Waals surface area contributed by atoms with Crippen molar-refractivity contribution in [1.29, 1.82) is 0 Å². The number of nitrogens with zero attached hydrogens (tertiary/aromatic N) is 5. The van der Waals surface area contributed by atoms with Crippen LogP contribution in [0.15, 0.2) is 39.4 Å². The van der Waals surface area contributed by atoms with Gasteiger partial charge in [0.15, 0.2) is 5.76 Å². The highest BCUT2D eigenvalue weighted by Gasteiger charge is 2.20. The topological polar surface area (TPSA) is 80.7 Å².